The van der Waals surface area contributed by atoms with Gasteiger partial charge in [0, 0.05) is 31.9 Å². The molecule has 1 amide bonds. The number of benzene rings is 1. The molecule has 0 aliphatic carbocycles. The maximum absolute atomic E-state index is 11.9. The molecular weight excluding hydrogens is 242 g/mol. The minimum atomic E-state index is -0.0210. The smallest absolute Gasteiger partial charge is 0.227 e. The largest absolute Gasteiger partial charge is 0.396 e. The van der Waals surface area contributed by atoms with E-state index in [4.69, 9.17) is 9.84 Å². The Kier molecular flexibility index (Phi) is 7.15. The number of rotatable bonds is 8. The van der Waals surface area contributed by atoms with Gasteiger partial charge in [-0.1, -0.05) is 19.1 Å². The van der Waals surface area contributed by atoms with E-state index >= 15 is 0 Å². The van der Waals surface area contributed by atoms with Gasteiger partial charge in [0.25, 0.3) is 0 Å². The minimum Gasteiger partial charge on any atom is -0.396 e. The SMILES string of the molecule is COCCCC(C)C(=O)Nc1ccc(CCO)cc1. The third-order valence-electron chi connectivity index (χ3n) is 3.06. The van der Waals surface area contributed by atoms with Crippen molar-refractivity contribution in [3.63, 3.8) is 0 Å². The molecule has 0 radical (unpaired) electrons. The summed E-state index contributed by atoms with van der Waals surface area (Å²) in [4.78, 5) is 11.9. The lowest BCUT2D eigenvalue weighted by atomic mass is 10.0. The quantitative estimate of drug-likeness (QED) is 0.709. The van der Waals surface area contributed by atoms with Gasteiger partial charge in [0.2, 0.25) is 5.91 Å². The van der Waals surface area contributed by atoms with Crippen molar-refractivity contribution in [3.8, 4) is 0 Å². The highest BCUT2D eigenvalue weighted by Gasteiger charge is 2.12. The number of anilines is 1. The molecule has 0 fully saturated rings. The Balaban J connectivity index is 2.42. The molecule has 1 rings (SSSR count). The zero-order chi connectivity index (χ0) is 14.1. The predicted molar refractivity (Wildman–Crippen MR) is 76.1 cm³/mol. The van der Waals surface area contributed by atoms with Gasteiger partial charge in [-0.25, -0.2) is 0 Å². The molecule has 106 valence electrons. The number of ether oxygens (including phenoxy) is 1. The molecule has 4 nitrogen and oxygen atoms in total. The standard InChI is InChI=1S/C15H23NO3/c1-12(4-3-11-19-2)15(18)16-14-7-5-13(6-8-14)9-10-17/h5-8,12,17H,3-4,9-11H2,1-2H3,(H,16,18). The van der Waals surface area contributed by atoms with Crippen LogP contribution in [0.1, 0.15) is 25.3 Å². The number of amides is 1. The first-order valence-electron chi connectivity index (χ1n) is 6.67. The summed E-state index contributed by atoms with van der Waals surface area (Å²) >= 11 is 0. The highest BCUT2D eigenvalue weighted by atomic mass is 16.5. The van der Waals surface area contributed by atoms with Crippen molar-refractivity contribution in [2.45, 2.75) is 26.2 Å². The van der Waals surface area contributed by atoms with Crippen LogP contribution in [0.25, 0.3) is 0 Å². The van der Waals surface area contributed by atoms with Crippen molar-refractivity contribution < 1.29 is 14.6 Å². The van der Waals surface area contributed by atoms with Crippen molar-refractivity contribution in [1.82, 2.24) is 0 Å². The van der Waals surface area contributed by atoms with E-state index in [0.29, 0.717) is 13.0 Å². The summed E-state index contributed by atoms with van der Waals surface area (Å²) in [5.41, 5.74) is 1.86. The van der Waals surface area contributed by atoms with Crippen molar-refractivity contribution in [2.24, 2.45) is 5.92 Å². The third-order valence-corrected chi connectivity index (χ3v) is 3.06. The summed E-state index contributed by atoms with van der Waals surface area (Å²) in [6.07, 6.45) is 2.35. The fourth-order valence-corrected chi connectivity index (χ4v) is 1.81. The predicted octanol–water partition coefficient (Wildman–Crippen LogP) is 2.22. The van der Waals surface area contributed by atoms with Gasteiger partial charge in [0.1, 0.15) is 0 Å². The van der Waals surface area contributed by atoms with Crippen LogP contribution in [-0.4, -0.2) is 31.3 Å². The Morgan fingerprint density at radius 3 is 2.63 bits per heavy atom. The lowest BCUT2D eigenvalue weighted by Gasteiger charge is -2.12. The van der Waals surface area contributed by atoms with E-state index in [9.17, 15) is 4.79 Å². The average Bonchev–Trinajstić information content (AvgIpc) is 2.41. The van der Waals surface area contributed by atoms with E-state index < -0.39 is 0 Å². The van der Waals surface area contributed by atoms with E-state index in [-0.39, 0.29) is 18.4 Å². The topological polar surface area (TPSA) is 58.6 Å². The van der Waals surface area contributed by atoms with Gasteiger partial charge < -0.3 is 15.2 Å². The second-order valence-electron chi connectivity index (χ2n) is 4.70. The van der Waals surface area contributed by atoms with Gasteiger partial charge in [0.15, 0.2) is 0 Å². The molecule has 1 aromatic carbocycles. The molecule has 0 aromatic heterocycles. The van der Waals surface area contributed by atoms with Crippen molar-refractivity contribution in [3.05, 3.63) is 29.8 Å². The zero-order valence-corrected chi connectivity index (χ0v) is 11.7. The van der Waals surface area contributed by atoms with Gasteiger partial charge in [-0.05, 0) is 37.0 Å². The maximum Gasteiger partial charge on any atom is 0.227 e. The van der Waals surface area contributed by atoms with Crippen molar-refractivity contribution in [1.29, 1.82) is 0 Å². The summed E-state index contributed by atoms with van der Waals surface area (Å²) in [6, 6.07) is 7.57. The van der Waals surface area contributed by atoms with Gasteiger partial charge in [-0.3, -0.25) is 4.79 Å². The van der Waals surface area contributed by atoms with Crippen LogP contribution in [0.15, 0.2) is 24.3 Å². The van der Waals surface area contributed by atoms with Crippen LogP contribution in [0.3, 0.4) is 0 Å². The van der Waals surface area contributed by atoms with Gasteiger partial charge in [0.05, 0.1) is 0 Å². The molecule has 0 heterocycles. The van der Waals surface area contributed by atoms with E-state index in [1.54, 1.807) is 7.11 Å². The number of carbonyl (C=O) groups is 1. The number of aliphatic hydroxyl groups excluding tert-OH is 1. The summed E-state index contributed by atoms with van der Waals surface area (Å²) in [5.74, 6) is 0.0123. The summed E-state index contributed by atoms with van der Waals surface area (Å²) in [6.45, 7) is 2.75. The van der Waals surface area contributed by atoms with Crippen molar-refractivity contribution >= 4 is 11.6 Å². The number of aliphatic hydroxyl groups is 1. The molecule has 2 N–H and O–H groups in total. The van der Waals surface area contributed by atoms with Crippen LogP contribution in [0, 0.1) is 5.92 Å². The molecule has 0 spiro atoms. The third kappa shape index (κ3) is 5.85. The van der Waals surface area contributed by atoms with Gasteiger partial charge in [-0.2, -0.15) is 0 Å². The lowest BCUT2D eigenvalue weighted by molar-refractivity contribution is -0.119. The monoisotopic (exact) mass is 265 g/mol. The fourth-order valence-electron chi connectivity index (χ4n) is 1.81. The second kappa shape index (κ2) is 8.67. The van der Waals surface area contributed by atoms with Crippen LogP contribution in [0.2, 0.25) is 0 Å². The Morgan fingerprint density at radius 1 is 1.37 bits per heavy atom. The number of nitrogens with one attached hydrogen (secondary N) is 1. The molecule has 0 saturated heterocycles. The molecule has 4 heteroatoms. The lowest BCUT2D eigenvalue weighted by Crippen LogP contribution is -2.20. The first kappa shape index (κ1) is 15.7. The molecule has 0 saturated carbocycles. The van der Waals surface area contributed by atoms with Gasteiger partial charge in [-0.15, -0.1) is 0 Å². The number of hydrogen-bond acceptors (Lipinski definition) is 3. The van der Waals surface area contributed by atoms with Crippen LogP contribution >= 0.6 is 0 Å². The number of hydrogen-bond donors (Lipinski definition) is 2. The molecular formula is C15H23NO3. The Bertz CT molecular complexity index is 375. The van der Waals surface area contributed by atoms with E-state index in [0.717, 1.165) is 24.1 Å². The molecule has 1 unspecified atom stereocenters. The number of carbonyl (C=O) groups excluding carboxylic acids is 1. The minimum absolute atomic E-state index is 0.0210. The van der Waals surface area contributed by atoms with E-state index in [1.807, 2.05) is 31.2 Å². The molecule has 1 aromatic rings. The van der Waals surface area contributed by atoms with Crippen LogP contribution in [0.4, 0.5) is 5.69 Å². The zero-order valence-electron chi connectivity index (χ0n) is 11.7. The normalized spacial score (nSPS) is 12.2. The summed E-state index contributed by atoms with van der Waals surface area (Å²) in [5, 5.41) is 11.7. The van der Waals surface area contributed by atoms with Crippen LogP contribution < -0.4 is 5.32 Å². The molecule has 1 atom stereocenters. The van der Waals surface area contributed by atoms with Crippen molar-refractivity contribution in [2.75, 3.05) is 25.6 Å². The fraction of sp³-hybridized carbons (Fsp3) is 0.533. The second-order valence-corrected chi connectivity index (χ2v) is 4.70. The highest BCUT2D eigenvalue weighted by Crippen LogP contribution is 2.13. The molecule has 19 heavy (non-hydrogen) atoms. The van der Waals surface area contributed by atoms with Gasteiger partial charge >= 0.3 is 0 Å². The highest BCUT2D eigenvalue weighted by molar-refractivity contribution is 5.92. The maximum atomic E-state index is 11.9. The van der Waals surface area contributed by atoms with E-state index in [2.05, 4.69) is 5.32 Å². The molecule has 0 bridgehead atoms. The first-order valence-corrected chi connectivity index (χ1v) is 6.67. The van der Waals surface area contributed by atoms with Crippen LogP contribution in [-0.2, 0) is 16.0 Å². The average molecular weight is 265 g/mol. The molecule has 0 aliphatic rings. The van der Waals surface area contributed by atoms with Crippen LogP contribution in [0.5, 0.6) is 0 Å². The molecule has 0 aliphatic heterocycles. The Hall–Kier alpha value is -1.39. The first-order chi connectivity index (χ1) is 9.17. The Morgan fingerprint density at radius 2 is 2.05 bits per heavy atom. The summed E-state index contributed by atoms with van der Waals surface area (Å²) < 4.78 is 4.97. The van der Waals surface area contributed by atoms with E-state index in [1.165, 1.54) is 0 Å². The Labute approximate surface area is 114 Å². The number of methoxy groups -OCH3 is 1. The summed E-state index contributed by atoms with van der Waals surface area (Å²) in [7, 11) is 1.67.